The molecule has 0 fully saturated rings. The fraction of sp³-hybridized carbons (Fsp3) is 0.889. The molecule has 2 nitrogen and oxygen atoms in total. The summed E-state index contributed by atoms with van der Waals surface area (Å²) in [6.07, 6.45) is 0.693. The van der Waals surface area contributed by atoms with E-state index in [2.05, 4.69) is 6.92 Å². The number of rotatable bonds is 4. The molecule has 0 amide bonds. The molecule has 0 bridgehead atoms. The lowest BCUT2D eigenvalue weighted by Gasteiger charge is -2.30. The molecule has 1 atom stereocenters. The first-order valence-electron chi connectivity index (χ1n) is 3.99. The van der Waals surface area contributed by atoms with Gasteiger partial charge >= 0.3 is 0 Å². The highest BCUT2D eigenvalue weighted by atomic mass is 16.5. The summed E-state index contributed by atoms with van der Waals surface area (Å²) in [6.45, 7) is 7.73. The van der Waals surface area contributed by atoms with Gasteiger partial charge < -0.3 is 4.74 Å². The highest BCUT2D eigenvalue weighted by molar-refractivity contribution is 5.81. The van der Waals surface area contributed by atoms with Gasteiger partial charge in [-0.15, -0.1) is 0 Å². The van der Waals surface area contributed by atoms with E-state index in [9.17, 15) is 4.79 Å². The molecule has 0 spiro atoms. The van der Waals surface area contributed by atoms with E-state index >= 15 is 0 Å². The summed E-state index contributed by atoms with van der Waals surface area (Å²) in [5.41, 5.74) is -0.0411. The van der Waals surface area contributed by atoms with Crippen molar-refractivity contribution < 1.29 is 9.53 Å². The maximum Gasteiger partial charge on any atom is 0.159 e. The van der Waals surface area contributed by atoms with E-state index < -0.39 is 0 Å². The molecule has 0 rings (SSSR count). The topological polar surface area (TPSA) is 26.3 Å². The third-order valence-electron chi connectivity index (χ3n) is 2.23. The van der Waals surface area contributed by atoms with E-state index in [-0.39, 0.29) is 17.3 Å². The Morgan fingerprint density at radius 2 is 2.00 bits per heavy atom. The van der Waals surface area contributed by atoms with Crippen molar-refractivity contribution in [1.82, 2.24) is 0 Å². The van der Waals surface area contributed by atoms with E-state index in [1.807, 2.05) is 13.8 Å². The van der Waals surface area contributed by atoms with Crippen LogP contribution in [-0.4, -0.2) is 19.0 Å². The number of ketones is 1. The summed E-state index contributed by atoms with van der Waals surface area (Å²) in [6, 6.07) is 0. The minimum absolute atomic E-state index is 0.0411. The highest BCUT2D eigenvalue weighted by Gasteiger charge is 2.30. The average Bonchev–Trinajstić information content (AvgIpc) is 1.88. The van der Waals surface area contributed by atoms with E-state index in [1.165, 1.54) is 0 Å². The van der Waals surface area contributed by atoms with Gasteiger partial charge in [-0.05, 0) is 18.8 Å². The van der Waals surface area contributed by atoms with Crippen molar-refractivity contribution in [3.05, 3.63) is 0 Å². The Labute approximate surface area is 68.9 Å². The maximum absolute atomic E-state index is 11.1. The lowest BCUT2D eigenvalue weighted by molar-refractivity contribution is -0.133. The molecule has 11 heavy (non-hydrogen) atoms. The number of ether oxygens (including phenoxy) is 1. The summed E-state index contributed by atoms with van der Waals surface area (Å²) < 4.78 is 5.12. The Morgan fingerprint density at radius 1 is 1.55 bits per heavy atom. The summed E-state index contributed by atoms with van der Waals surface area (Å²) in [4.78, 5) is 11.1. The van der Waals surface area contributed by atoms with Crippen LogP contribution in [0.5, 0.6) is 0 Å². The van der Waals surface area contributed by atoms with Gasteiger partial charge in [0.15, 0.2) is 5.78 Å². The molecular formula is C9H18O2. The molecule has 0 saturated carbocycles. The maximum atomic E-state index is 11.1. The molecule has 0 N–H and O–H groups in total. The second kappa shape index (κ2) is 3.86. The van der Waals surface area contributed by atoms with Gasteiger partial charge in [0.2, 0.25) is 0 Å². The van der Waals surface area contributed by atoms with Crippen molar-refractivity contribution in [3.63, 3.8) is 0 Å². The fourth-order valence-corrected chi connectivity index (χ4v) is 1.22. The number of carbonyl (C=O) groups excluding carboxylic acids is 1. The number of carbonyl (C=O) groups is 1. The van der Waals surface area contributed by atoms with Crippen LogP contribution in [0.3, 0.4) is 0 Å². The van der Waals surface area contributed by atoms with Gasteiger partial charge in [-0.1, -0.05) is 20.8 Å². The molecule has 0 aliphatic heterocycles. The fourth-order valence-electron chi connectivity index (χ4n) is 1.22. The highest BCUT2D eigenvalue weighted by Crippen LogP contribution is 2.27. The van der Waals surface area contributed by atoms with Gasteiger partial charge in [-0.3, -0.25) is 4.79 Å². The third kappa shape index (κ3) is 2.62. The Balaban J connectivity index is 4.36. The Morgan fingerprint density at radius 3 is 2.09 bits per heavy atom. The molecule has 0 aliphatic carbocycles. The zero-order valence-corrected chi connectivity index (χ0v) is 8.10. The van der Waals surface area contributed by atoms with Crippen LogP contribution in [0.4, 0.5) is 0 Å². The van der Waals surface area contributed by atoms with Crippen LogP contribution in [0, 0.1) is 5.41 Å². The monoisotopic (exact) mass is 158 g/mol. The van der Waals surface area contributed by atoms with Gasteiger partial charge in [0.25, 0.3) is 0 Å². The van der Waals surface area contributed by atoms with Crippen LogP contribution in [0.15, 0.2) is 0 Å². The van der Waals surface area contributed by atoms with Crippen LogP contribution in [0.25, 0.3) is 0 Å². The van der Waals surface area contributed by atoms with Crippen LogP contribution < -0.4 is 0 Å². The first-order chi connectivity index (χ1) is 4.95. The van der Waals surface area contributed by atoms with Crippen LogP contribution in [0.1, 0.15) is 34.1 Å². The van der Waals surface area contributed by atoms with Gasteiger partial charge in [0.05, 0.1) is 0 Å². The van der Waals surface area contributed by atoms with Gasteiger partial charge in [0.1, 0.15) is 6.10 Å². The largest absolute Gasteiger partial charge is 0.373 e. The number of hydrogen-bond donors (Lipinski definition) is 0. The van der Waals surface area contributed by atoms with Crippen LogP contribution in [0.2, 0.25) is 0 Å². The standard InChI is InChI=1S/C9H18O2/c1-6-9(3,4)8(11-5)7(2)10/h8H,6H2,1-5H3. The first kappa shape index (κ1) is 10.6. The SMILES string of the molecule is CCC(C)(C)C(OC)C(C)=O. The van der Waals surface area contributed by atoms with Crippen molar-refractivity contribution in [3.8, 4) is 0 Å². The van der Waals surface area contributed by atoms with Crippen LogP contribution in [-0.2, 0) is 9.53 Å². The molecule has 66 valence electrons. The Hall–Kier alpha value is -0.370. The summed E-state index contributed by atoms with van der Waals surface area (Å²) in [5, 5.41) is 0. The molecule has 0 aromatic rings. The predicted molar refractivity (Wildman–Crippen MR) is 45.6 cm³/mol. The molecular weight excluding hydrogens is 140 g/mol. The third-order valence-corrected chi connectivity index (χ3v) is 2.23. The molecule has 0 saturated heterocycles. The van der Waals surface area contributed by atoms with E-state index in [4.69, 9.17) is 4.74 Å². The van der Waals surface area contributed by atoms with E-state index in [1.54, 1.807) is 14.0 Å². The number of methoxy groups -OCH3 is 1. The summed E-state index contributed by atoms with van der Waals surface area (Å²) >= 11 is 0. The normalized spacial score (nSPS) is 14.6. The first-order valence-corrected chi connectivity index (χ1v) is 3.99. The predicted octanol–water partition coefficient (Wildman–Crippen LogP) is 2.03. The zero-order valence-electron chi connectivity index (χ0n) is 8.10. The smallest absolute Gasteiger partial charge is 0.159 e. The molecule has 0 heterocycles. The van der Waals surface area contributed by atoms with Crippen LogP contribution >= 0.6 is 0 Å². The quantitative estimate of drug-likeness (QED) is 0.625. The lowest BCUT2D eigenvalue weighted by atomic mass is 9.82. The molecule has 0 aliphatic rings. The molecule has 0 aromatic heterocycles. The minimum atomic E-state index is -0.257. The van der Waals surface area contributed by atoms with Gasteiger partial charge in [0, 0.05) is 7.11 Å². The number of Topliss-reactive ketones (excluding diaryl/α,β-unsaturated/α-hetero) is 1. The van der Waals surface area contributed by atoms with E-state index in [0.29, 0.717) is 0 Å². The zero-order chi connectivity index (χ0) is 9.07. The van der Waals surface area contributed by atoms with Crippen molar-refractivity contribution in [2.45, 2.75) is 40.2 Å². The summed E-state index contributed by atoms with van der Waals surface area (Å²) in [7, 11) is 1.59. The van der Waals surface area contributed by atoms with Crippen molar-refractivity contribution in [2.24, 2.45) is 5.41 Å². The molecule has 2 heteroatoms. The van der Waals surface area contributed by atoms with Crippen molar-refractivity contribution in [2.75, 3.05) is 7.11 Å². The second-order valence-corrected chi connectivity index (χ2v) is 3.57. The average molecular weight is 158 g/mol. The lowest BCUT2D eigenvalue weighted by Crippen LogP contribution is -2.36. The molecule has 0 aromatic carbocycles. The Bertz CT molecular complexity index is 138. The van der Waals surface area contributed by atoms with Crippen molar-refractivity contribution >= 4 is 5.78 Å². The van der Waals surface area contributed by atoms with E-state index in [0.717, 1.165) is 6.42 Å². The molecule has 0 radical (unpaired) electrons. The van der Waals surface area contributed by atoms with Gasteiger partial charge in [-0.2, -0.15) is 0 Å². The van der Waals surface area contributed by atoms with Gasteiger partial charge in [-0.25, -0.2) is 0 Å². The minimum Gasteiger partial charge on any atom is -0.373 e. The summed E-state index contributed by atoms with van der Waals surface area (Å²) in [5.74, 6) is 0.111. The van der Waals surface area contributed by atoms with Crippen molar-refractivity contribution in [1.29, 1.82) is 0 Å². The Kier molecular flexibility index (Phi) is 3.73. The second-order valence-electron chi connectivity index (χ2n) is 3.57. The molecule has 1 unspecified atom stereocenters. The number of hydrogen-bond acceptors (Lipinski definition) is 2.